The van der Waals surface area contributed by atoms with Crippen LogP contribution in [-0.4, -0.2) is 27.6 Å². The van der Waals surface area contributed by atoms with E-state index in [0.29, 0.717) is 23.0 Å². The second kappa shape index (κ2) is 6.45. The number of nitrogens with zero attached hydrogens (tertiary/aromatic N) is 3. The molecular weight excluding hydrogens is 258 g/mol. The predicted molar refractivity (Wildman–Crippen MR) is 70.4 cm³/mol. The molecule has 0 spiro atoms. The van der Waals surface area contributed by atoms with Gasteiger partial charge in [-0.15, -0.1) is 0 Å². The Bertz CT molecular complexity index is 651. The van der Waals surface area contributed by atoms with Crippen LogP contribution in [0.5, 0.6) is 0 Å². The van der Waals surface area contributed by atoms with Crippen molar-refractivity contribution in [3.63, 3.8) is 0 Å². The predicted octanol–water partition coefficient (Wildman–Crippen LogP) is 0.0132. The minimum absolute atomic E-state index is 0.163. The van der Waals surface area contributed by atoms with Gasteiger partial charge in [0.15, 0.2) is 5.82 Å². The lowest BCUT2D eigenvalue weighted by Crippen LogP contribution is -2.23. The fraction of sp³-hybridized carbons (Fsp3) is 0.231. The number of carbonyl (C=O) groups excluding carboxylic acids is 1. The van der Waals surface area contributed by atoms with Crippen molar-refractivity contribution in [3.8, 4) is 11.8 Å². The molecule has 2 rings (SSSR count). The molecule has 3 N–H and O–H groups in total. The van der Waals surface area contributed by atoms with Crippen LogP contribution >= 0.6 is 0 Å². The van der Waals surface area contributed by atoms with Crippen molar-refractivity contribution < 1.29 is 9.32 Å². The van der Waals surface area contributed by atoms with Crippen molar-refractivity contribution in [2.24, 2.45) is 5.73 Å². The minimum atomic E-state index is -0.320. The molecule has 0 aliphatic rings. The third-order valence-electron chi connectivity index (χ3n) is 2.30. The molecule has 102 valence electrons. The van der Waals surface area contributed by atoms with Crippen molar-refractivity contribution in [2.75, 3.05) is 6.54 Å². The van der Waals surface area contributed by atoms with E-state index in [1.807, 2.05) is 0 Å². The quantitative estimate of drug-likeness (QED) is 0.762. The lowest BCUT2D eigenvalue weighted by molar-refractivity contribution is 0.0941. The van der Waals surface area contributed by atoms with Gasteiger partial charge in [-0.3, -0.25) is 4.79 Å². The van der Waals surface area contributed by atoms with Gasteiger partial charge in [0.05, 0.1) is 13.1 Å². The smallest absolute Gasteiger partial charge is 0.270 e. The van der Waals surface area contributed by atoms with Crippen molar-refractivity contribution >= 4 is 5.91 Å². The number of pyridine rings is 1. The molecular formula is C13H13N5O2. The van der Waals surface area contributed by atoms with Gasteiger partial charge in [0.1, 0.15) is 5.69 Å². The summed E-state index contributed by atoms with van der Waals surface area (Å²) in [6.07, 6.45) is 1.52. The van der Waals surface area contributed by atoms with Crippen LogP contribution in [0, 0.1) is 18.8 Å². The van der Waals surface area contributed by atoms with Gasteiger partial charge in [-0.2, -0.15) is 4.98 Å². The fourth-order valence-electron chi connectivity index (χ4n) is 1.41. The van der Waals surface area contributed by atoms with Gasteiger partial charge < -0.3 is 15.6 Å². The molecule has 0 bridgehead atoms. The molecule has 0 aliphatic carbocycles. The van der Waals surface area contributed by atoms with Crippen LogP contribution < -0.4 is 11.1 Å². The van der Waals surface area contributed by atoms with Crippen molar-refractivity contribution in [1.29, 1.82) is 0 Å². The number of hydrogen-bond donors (Lipinski definition) is 2. The molecule has 7 nitrogen and oxygen atoms in total. The second-order valence-corrected chi connectivity index (χ2v) is 3.86. The molecule has 20 heavy (non-hydrogen) atoms. The third kappa shape index (κ3) is 3.63. The van der Waals surface area contributed by atoms with Gasteiger partial charge in [0.25, 0.3) is 5.91 Å². The monoisotopic (exact) mass is 271 g/mol. The summed E-state index contributed by atoms with van der Waals surface area (Å²) in [7, 11) is 0. The third-order valence-corrected chi connectivity index (χ3v) is 2.30. The van der Waals surface area contributed by atoms with Crippen molar-refractivity contribution in [2.45, 2.75) is 13.5 Å². The van der Waals surface area contributed by atoms with E-state index in [1.165, 1.54) is 6.20 Å². The maximum atomic E-state index is 11.8. The molecule has 0 aliphatic heterocycles. The summed E-state index contributed by atoms with van der Waals surface area (Å²) in [6, 6.07) is 3.30. The molecule has 0 saturated carbocycles. The van der Waals surface area contributed by atoms with Gasteiger partial charge in [0.2, 0.25) is 5.89 Å². The summed E-state index contributed by atoms with van der Waals surface area (Å²) in [5, 5.41) is 6.27. The number of rotatable bonds is 3. The highest BCUT2D eigenvalue weighted by atomic mass is 16.5. The Labute approximate surface area is 115 Å². The van der Waals surface area contributed by atoms with Crippen LogP contribution in [0.25, 0.3) is 0 Å². The SMILES string of the molecule is Cc1noc(CNC(=O)c2ccc(C#CCN)cn2)n1. The molecule has 2 aromatic rings. The maximum Gasteiger partial charge on any atom is 0.270 e. The summed E-state index contributed by atoms with van der Waals surface area (Å²) in [6.45, 7) is 2.15. The van der Waals surface area contributed by atoms with E-state index in [4.69, 9.17) is 10.3 Å². The first-order valence-electron chi connectivity index (χ1n) is 5.91. The highest BCUT2D eigenvalue weighted by molar-refractivity contribution is 5.92. The van der Waals surface area contributed by atoms with Crippen LogP contribution in [0.2, 0.25) is 0 Å². The zero-order valence-electron chi connectivity index (χ0n) is 10.9. The molecule has 1 amide bonds. The Kier molecular flexibility index (Phi) is 4.42. The molecule has 7 heteroatoms. The first kappa shape index (κ1) is 13.7. The minimum Gasteiger partial charge on any atom is -0.342 e. The molecule has 0 saturated heterocycles. The van der Waals surface area contributed by atoms with Crippen LogP contribution in [0.15, 0.2) is 22.9 Å². The zero-order chi connectivity index (χ0) is 14.4. The first-order valence-corrected chi connectivity index (χ1v) is 5.91. The Morgan fingerprint density at radius 3 is 2.95 bits per heavy atom. The average Bonchev–Trinajstić information content (AvgIpc) is 2.89. The number of carbonyl (C=O) groups is 1. The largest absolute Gasteiger partial charge is 0.342 e. The van der Waals surface area contributed by atoms with E-state index in [-0.39, 0.29) is 19.0 Å². The normalized spacial score (nSPS) is 9.70. The lowest BCUT2D eigenvalue weighted by Gasteiger charge is -2.01. The molecule has 0 aromatic carbocycles. The van der Waals surface area contributed by atoms with E-state index in [2.05, 4.69) is 32.3 Å². The molecule has 0 fully saturated rings. The molecule has 0 unspecified atom stereocenters. The number of amides is 1. The summed E-state index contributed by atoms with van der Waals surface area (Å²) in [5.74, 6) is 6.09. The summed E-state index contributed by atoms with van der Waals surface area (Å²) < 4.78 is 4.89. The van der Waals surface area contributed by atoms with Crippen LogP contribution in [0.3, 0.4) is 0 Å². The summed E-state index contributed by atoms with van der Waals surface area (Å²) in [4.78, 5) is 19.8. The van der Waals surface area contributed by atoms with Gasteiger partial charge in [-0.25, -0.2) is 4.98 Å². The van der Waals surface area contributed by atoms with Crippen molar-refractivity contribution in [3.05, 3.63) is 41.3 Å². The number of nitrogens with one attached hydrogen (secondary N) is 1. The highest BCUT2D eigenvalue weighted by Crippen LogP contribution is 2.00. The Morgan fingerprint density at radius 2 is 2.35 bits per heavy atom. The number of aryl methyl sites for hydroxylation is 1. The summed E-state index contributed by atoms with van der Waals surface area (Å²) in [5.41, 5.74) is 6.27. The highest BCUT2D eigenvalue weighted by Gasteiger charge is 2.09. The molecule has 0 radical (unpaired) electrons. The van der Waals surface area contributed by atoms with Crippen LogP contribution in [-0.2, 0) is 6.54 Å². The van der Waals surface area contributed by atoms with Gasteiger partial charge >= 0.3 is 0 Å². The number of hydrogen-bond acceptors (Lipinski definition) is 6. The molecule has 0 atom stereocenters. The van der Waals surface area contributed by atoms with Gasteiger partial charge in [-0.05, 0) is 19.1 Å². The van der Waals surface area contributed by atoms with E-state index in [1.54, 1.807) is 19.1 Å². The fourth-order valence-corrected chi connectivity index (χ4v) is 1.41. The first-order chi connectivity index (χ1) is 9.69. The Morgan fingerprint density at radius 1 is 1.50 bits per heavy atom. The van der Waals surface area contributed by atoms with Crippen LogP contribution in [0.1, 0.15) is 27.8 Å². The average molecular weight is 271 g/mol. The molecule has 2 heterocycles. The van der Waals surface area contributed by atoms with E-state index < -0.39 is 0 Å². The van der Waals surface area contributed by atoms with Gasteiger partial charge in [-0.1, -0.05) is 17.0 Å². The Hall–Kier alpha value is -2.72. The van der Waals surface area contributed by atoms with E-state index in [9.17, 15) is 4.79 Å². The van der Waals surface area contributed by atoms with E-state index in [0.717, 1.165) is 0 Å². The maximum absolute atomic E-state index is 11.8. The standard InChI is InChI=1S/C13H13N5O2/c1-9-17-12(20-18-9)8-16-13(19)11-5-4-10(7-15-11)3-2-6-14/h4-5,7H,6,8,14H2,1H3,(H,16,19). The number of aromatic nitrogens is 3. The summed E-state index contributed by atoms with van der Waals surface area (Å²) >= 11 is 0. The van der Waals surface area contributed by atoms with Crippen LogP contribution in [0.4, 0.5) is 0 Å². The van der Waals surface area contributed by atoms with Crippen molar-refractivity contribution in [1.82, 2.24) is 20.4 Å². The zero-order valence-corrected chi connectivity index (χ0v) is 10.9. The number of nitrogens with two attached hydrogens (primary N) is 1. The second-order valence-electron chi connectivity index (χ2n) is 3.86. The Balaban J connectivity index is 1.95. The van der Waals surface area contributed by atoms with E-state index >= 15 is 0 Å². The van der Waals surface area contributed by atoms with Gasteiger partial charge in [0, 0.05) is 11.8 Å². The molecule has 2 aromatic heterocycles. The lowest BCUT2D eigenvalue weighted by atomic mass is 10.2. The topological polar surface area (TPSA) is 107 Å².